The number of hydrogen-bond acceptors (Lipinski definition) is 3. The molecule has 1 aliphatic heterocycles. The van der Waals surface area contributed by atoms with Crippen LogP contribution in [-0.4, -0.2) is 20.9 Å². The van der Waals surface area contributed by atoms with Gasteiger partial charge in [0.1, 0.15) is 5.15 Å². The van der Waals surface area contributed by atoms with Crippen molar-refractivity contribution in [1.82, 2.24) is 9.88 Å². The number of aliphatic hydroxyl groups excluding tert-OH is 1. The summed E-state index contributed by atoms with van der Waals surface area (Å²) in [6.45, 7) is 0.170. The van der Waals surface area contributed by atoms with Crippen LogP contribution in [0.4, 0.5) is 0 Å². The van der Waals surface area contributed by atoms with Crippen LogP contribution < -0.4 is 0 Å². The Morgan fingerprint density at radius 1 is 1.12 bits per heavy atom. The number of carbonyl (C=O) groups is 1. The molecule has 0 saturated carbocycles. The van der Waals surface area contributed by atoms with E-state index in [-0.39, 0.29) is 17.6 Å². The summed E-state index contributed by atoms with van der Waals surface area (Å²) in [4.78, 5) is 18.2. The number of para-hydroxylation sites is 1. The molecular weight excluding hydrogens is 347 g/mol. The Hall–Kier alpha value is -2.14. The molecule has 0 spiro atoms. The third-order valence-electron chi connectivity index (χ3n) is 4.19. The molecule has 6 heteroatoms. The van der Waals surface area contributed by atoms with Crippen LogP contribution in [0.1, 0.15) is 27.7 Å². The highest BCUT2D eigenvalue weighted by atomic mass is 35.5. The van der Waals surface area contributed by atoms with Gasteiger partial charge in [-0.15, -0.1) is 0 Å². The van der Waals surface area contributed by atoms with Crippen LogP contribution in [0.2, 0.25) is 10.2 Å². The molecule has 0 bridgehead atoms. The maximum Gasteiger partial charge on any atom is 0.256 e. The van der Waals surface area contributed by atoms with E-state index in [1.165, 1.54) is 4.90 Å². The van der Waals surface area contributed by atoms with E-state index in [4.69, 9.17) is 23.2 Å². The SMILES string of the molecule is O=C1c2ccccc2C(O)N1Cc1cc2cccc(Cl)c2nc1Cl. The first-order valence-electron chi connectivity index (χ1n) is 7.38. The van der Waals surface area contributed by atoms with Crippen molar-refractivity contribution in [2.75, 3.05) is 0 Å². The first kappa shape index (κ1) is 15.4. The second kappa shape index (κ2) is 5.74. The highest BCUT2D eigenvalue weighted by Gasteiger charge is 2.35. The molecule has 1 N–H and O–H groups in total. The standard InChI is InChI=1S/C18H12Cl2N2O2/c19-14-7-3-4-10-8-11(16(20)21-15(10)14)9-22-17(23)12-5-1-2-6-13(12)18(22)24/h1-8,17,23H,9H2. The number of halogens is 2. The van der Waals surface area contributed by atoms with Crippen molar-refractivity contribution in [2.45, 2.75) is 12.8 Å². The number of pyridine rings is 1. The maximum atomic E-state index is 12.5. The van der Waals surface area contributed by atoms with Crippen molar-refractivity contribution in [2.24, 2.45) is 0 Å². The van der Waals surface area contributed by atoms with Gasteiger partial charge in [0.2, 0.25) is 0 Å². The minimum atomic E-state index is -0.986. The van der Waals surface area contributed by atoms with Gasteiger partial charge in [0.05, 0.1) is 17.1 Å². The van der Waals surface area contributed by atoms with E-state index in [2.05, 4.69) is 4.98 Å². The first-order valence-corrected chi connectivity index (χ1v) is 8.13. The van der Waals surface area contributed by atoms with Crippen molar-refractivity contribution < 1.29 is 9.90 Å². The second-order valence-corrected chi connectivity index (χ2v) is 6.41. The van der Waals surface area contributed by atoms with Crippen LogP contribution in [0, 0.1) is 0 Å². The molecule has 2 heterocycles. The predicted octanol–water partition coefficient (Wildman–Crippen LogP) is 4.19. The van der Waals surface area contributed by atoms with Gasteiger partial charge in [-0.2, -0.15) is 0 Å². The fourth-order valence-electron chi connectivity index (χ4n) is 2.99. The minimum Gasteiger partial charge on any atom is -0.369 e. The molecular formula is C18H12Cl2N2O2. The molecule has 120 valence electrons. The van der Waals surface area contributed by atoms with Crippen LogP contribution in [0.3, 0.4) is 0 Å². The summed E-state index contributed by atoms with van der Waals surface area (Å²) in [5.74, 6) is -0.222. The quantitative estimate of drug-likeness (QED) is 0.698. The predicted molar refractivity (Wildman–Crippen MR) is 93.0 cm³/mol. The van der Waals surface area contributed by atoms with E-state index >= 15 is 0 Å². The van der Waals surface area contributed by atoms with Crippen molar-refractivity contribution in [1.29, 1.82) is 0 Å². The first-order chi connectivity index (χ1) is 11.6. The van der Waals surface area contributed by atoms with Gasteiger partial charge in [0.15, 0.2) is 6.23 Å². The number of fused-ring (bicyclic) bond motifs is 2. The van der Waals surface area contributed by atoms with Crippen LogP contribution >= 0.6 is 23.2 Å². The average Bonchev–Trinajstić information content (AvgIpc) is 2.82. The third-order valence-corrected chi connectivity index (χ3v) is 4.82. The van der Waals surface area contributed by atoms with Gasteiger partial charge in [-0.05, 0) is 18.2 Å². The minimum absolute atomic E-state index is 0.170. The Kier molecular flexibility index (Phi) is 3.68. The number of aliphatic hydroxyl groups is 1. The number of benzene rings is 2. The molecule has 0 saturated heterocycles. The van der Waals surface area contributed by atoms with Gasteiger partial charge in [-0.3, -0.25) is 4.79 Å². The van der Waals surface area contributed by atoms with Gasteiger partial charge >= 0.3 is 0 Å². The Bertz CT molecular complexity index is 974. The molecule has 1 amide bonds. The Morgan fingerprint density at radius 2 is 1.92 bits per heavy atom. The van der Waals surface area contributed by atoms with Gasteiger partial charge < -0.3 is 10.0 Å². The van der Waals surface area contributed by atoms with E-state index in [9.17, 15) is 9.90 Å². The molecule has 4 nitrogen and oxygen atoms in total. The third kappa shape index (κ3) is 2.35. The summed E-state index contributed by atoms with van der Waals surface area (Å²) in [6.07, 6.45) is -0.986. The smallest absolute Gasteiger partial charge is 0.256 e. The summed E-state index contributed by atoms with van der Waals surface area (Å²) >= 11 is 12.4. The molecule has 1 aromatic heterocycles. The van der Waals surface area contributed by atoms with E-state index < -0.39 is 6.23 Å². The van der Waals surface area contributed by atoms with Crippen LogP contribution in [0.15, 0.2) is 48.5 Å². The molecule has 0 radical (unpaired) electrons. The summed E-state index contributed by atoms with van der Waals surface area (Å²) in [6, 6.07) is 14.3. The van der Waals surface area contributed by atoms with Gasteiger partial charge in [0, 0.05) is 22.1 Å². The summed E-state index contributed by atoms with van der Waals surface area (Å²) in [5, 5.41) is 12.1. The van der Waals surface area contributed by atoms with Gasteiger partial charge in [-0.25, -0.2) is 4.98 Å². The summed E-state index contributed by atoms with van der Waals surface area (Å²) in [7, 11) is 0. The molecule has 1 atom stereocenters. The van der Waals surface area contributed by atoms with E-state index in [1.807, 2.05) is 18.2 Å². The average molecular weight is 359 g/mol. The molecule has 4 rings (SSSR count). The van der Waals surface area contributed by atoms with Crippen LogP contribution in [-0.2, 0) is 6.54 Å². The Labute approximate surface area is 148 Å². The lowest BCUT2D eigenvalue weighted by Crippen LogP contribution is -2.27. The molecule has 2 aromatic carbocycles. The second-order valence-electron chi connectivity index (χ2n) is 5.64. The lowest BCUT2D eigenvalue weighted by molar-refractivity contribution is 0.0137. The molecule has 1 aliphatic rings. The number of carbonyl (C=O) groups excluding carboxylic acids is 1. The van der Waals surface area contributed by atoms with E-state index in [1.54, 1.807) is 30.3 Å². The molecule has 24 heavy (non-hydrogen) atoms. The number of hydrogen-bond donors (Lipinski definition) is 1. The Balaban J connectivity index is 1.73. The van der Waals surface area contributed by atoms with Gasteiger partial charge in [-0.1, -0.05) is 53.5 Å². The number of amides is 1. The van der Waals surface area contributed by atoms with Crippen LogP contribution in [0.5, 0.6) is 0 Å². The molecule has 1 unspecified atom stereocenters. The molecule has 3 aromatic rings. The highest BCUT2D eigenvalue weighted by molar-refractivity contribution is 6.35. The zero-order chi connectivity index (χ0) is 16.8. The largest absolute Gasteiger partial charge is 0.369 e. The van der Waals surface area contributed by atoms with Crippen molar-refractivity contribution in [3.8, 4) is 0 Å². The molecule has 0 fully saturated rings. The molecule has 0 aliphatic carbocycles. The summed E-state index contributed by atoms with van der Waals surface area (Å²) < 4.78 is 0. The fourth-order valence-corrected chi connectivity index (χ4v) is 3.41. The van der Waals surface area contributed by atoms with E-state index in [0.717, 1.165) is 5.39 Å². The van der Waals surface area contributed by atoms with Crippen molar-refractivity contribution in [3.05, 3.63) is 75.4 Å². The zero-order valence-electron chi connectivity index (χ0n) is 12.4. The maximum absolute atomic E-state index is 12.5. The zero-order valence-corrected chi connectivity index (χ0v) is 13.9. The highest BCUT2D eigenvalue weighted by Crippen LogP contribution is 2.34. The summed E-state index contributed by atoms with van der Waals surface area (Å²) in [5.41, 5.74) is 2.39. The number of aromatic nitrogens is 1. The van der Waals surface area contributed by atoms with Gasteiger partial charge in [0.25, 0.3) is 5.91 Å². The van der Waals surface area contributed by atoms with E-state index in [0.29, 0.717) is 27.2 Å². The Morgan fingerprint density at radius 3 is 2.71 bits per heavy atom. The monoisotopic (exact) mass is 358 g/mol. The van der Waals surface area contributed by atoms with Crippen molar-refractivity contribution >= 4 is 40.0 Å². The lowest BCUT2D eigenvalue weighted by Gasteiger charge is -2.21. The lowest BCUT2D eigenvalue weighted by atomic mass is 10.1. The topological polar surface area (TPSA) is 53.4 Å². The van der Waals surface area contributed by atoms with Crippen molar-refractivity contribution in [3.63, 3.8) is 0 Å². The normalized spacial score (nSPS) is 16.7. The number of nitrogens with zero attached hydrogens (tertiary/aromatic N) is 2. The fraction of sp³-hybridized carbons (Fsp3) is 0.111. The van der Waals surface area contributed by atoms with Crippen LogP contribution in [0.25, 0.3) is 10.9 Å². The number of rotatable bonds is 2.